The van der Waals surface area contributed by atoms with Gasteiger partial charge < -0.3 is 4.52 Å². The highest BCUT2D eigenvalue weighted by atomic mass is 32.2. The molecular weight excluding hydrogens is 370 g/mol. The number of hydrogen-bond acceptors (Lipinski definition) is 6. The number of benzene rings is 1. The summed E-state index contributed by atoms with van der Waals surface area (Å²) in [5, 5.41) is 5.87. The normalized spacial score (nSPS) is 18.9. The fraction of sp³-hybridized carbons (Fsp3) is 0.333. The third kappa shape index (κ3) is 3.32. The third-order valence-electron chi connectivity index (χ3n) is 4.54. The minimum Gasteiger partial charge on any atom is -0.339 e. The molecule has 0 amide bonds. The maximum atomic E-state index is 12.8. The minimum atomic E-state index is -3.45. The summed E-state index contributed by atoms with van der Waals surface area (Å²) in [6.45, 7) is 2.91. The van der Waals surface area contributed by atoms with Crippen LogP contribution in [0.2, 0.25) is 0 Å². The highest BCUT2D eigenvalue weighted by Crippen LogP contribution is 2.31. The second-order valence-electron chi connectivity index (χ2n) is 6.46. The van der Waals surface area contributed by atoms with E-state index >= 15 is 0 Å². The van der Waals surface area contributed by atoms with Gasteiger partial charge in [-0.2, -0.15) is 9.29 Å². The van der Waals surface area contributed by atoms with Crippen LogP contribution in [0.4, 0.5) is 0 Å². The smallest absolute Gasteiger partial charge is 0.252 e. The summed E-state index contributed by atoms with van der Waals surface area (Å²) in [6, 6.07) is 11.3. The molecule has 3 aromatic rings. The van der Waals surface area contributed by atoms with Gasteiger partial charge in [-0.15, -0.1) is 11.3 Å². The molecule has 0 spiro atoms. The van der Waals surface area contributed by atoms with Crippen molar-refractivity contribution < 1.29 is 12.9 Å². The molecule has 0 bridgehead atoms. The third-order valence-corrected chi connectivity index (χ3v) is 7.78. The van der Waals surface area contributed by atoms with E-state index in [-0.39, 0.29) is 5.92 Å². The maximum absolute atomic E-state index is 12.8. The molecule has 4 rings (SSSR count). The van der Waals surface area contributed by atoms with E-state index in [2.05, 4.69) is 10.1 Å². The number of aromatic nitrogens is 2. The van der Waals surface area contributed by atoms with E-state index in [1.165, 1.54) is 15.6 Å². The topological polar surface area (TPSA) is 76.3 Å². The van der Waals surface area contributed by atoms with Crippen LogP contribution in [0.25, 0.3) is 11.4 Å². The first-order valence-electron chi connectivity index (χ1n) is 8.48. The Morgan fingerprint density at radius 3 is 2.92 bits per heavy atom. The van der Waals surface area contributed by atoms with Gasteiger partial charge in [-0.25, -0.2) is 8.42 Å². The van der Waals surface area contributed by atoms with Crippen LogP contribution >= 0.6 is 11.3 Å². The summed E-state index contributed by atoms with van der Waals surface area (Å²) >= 11 is 1.24. The fourth-order valence-corrected chi connectivity index (χ4v) is 5.87. The Morgan fingerprint density at radius 2 is 2.15 bits per heavy atom. The highest BCUT2D eigenvalue weighted by molar-refractivity contribution is 7.91. The zero-order chi connectivity index (χ0) is 18.1. The van der Waals surface area contributed by atoms with E-state index in [9.17, 15) is 8.42 Å². The van der Waals surface area contributed by atoms with Crippen molar-refractivity contribution in [2.75, 3.05) is 13.1 Å². The van der Waals surface area contributed by atoms with E-state index in [0.29, 0.717) is 29.0 Å². The van der Waals surface area contributed by atoms with Crippen LogP contribution in [0.15, 0.2) is 50.5 Å². The molecule has 1 fully saturated rings. The van der Waals surface area contributed by atoms with Crippen molar-refractivity contribution >= 4 is 21.4 Å². The second kappa shape index (κ2) is 6.94. The predicted octanol–water partition coefficient (Wildman–Crippen LogP) is 3.67. The van der Waals surface area contributed by atoms with Gasteiger partial charge in [0.2, 0.25) is 11.7 Å². The number of rotatable bonds is 4. The van der Waals surface area contributed by atoms with E-state index in [0.717, 1.165) is 24.0 Å². The lowest BCUT2D eigenvalue weighted by Crippen LogP contribution is -2.38. The molecule has 3 heterocycles. The van der Waals surface area contributed by atoms with Crippen molar-refractivity contribution in [1.29, 1.82) is 0 Å². The summed E-state index contributed by atoms with van der Waals surface area (Å²) in [4.78, 5) is 4.53. The summed E-state index contributed by atoms with van der Waals surface area (Å²) in [5.41, 5.74) is 2.03. The van der Waals surface area contributed by atoms with Crippen molar-refractivity contribution in [2.24, 2.45) is 0 Å². The van der Waals surface area contributed by atoms with E-state index in [1.54, 1.807) is 17.5 Å². The van der Waals surface area contributed by atoms with E-state index < -0.39 is 10.0 Å². The average Bonchev–Trinajstić information content (AvgIpc) is 3.34. The molecule has 0 unspecified atom stereocenters. The predicted molar refractivity (Wildman–Crippen MR) is 99.5 cm³/mol. The molecule has 1 saturated heterocycles. The minimum absolute atomic E-state index is 0.0791. The first-order valence-corrected chi connectivity index (χ1v) is 10.8. The molecule has 136 valence electrons. The van der Waals surface area contributed by atoms with Gasteiger partial charge >= 0.3 is 0 Å². The van der Waals surface area contributed by atoms with Crippen molar-refractivity contribution in [1.82, 2.24) is 14.4 Å². The average molecular weight is 390 g/mol. The SMILES string of the molecule is Cc1cccc(-c2noc([C@H]3CCCN(S(=O)(=O)c4cccs4)C3)n2)c1. The molecule has 0 saturated carbocycles. The van der Waals surface area contributed by atoms with Crippen LogP contribution in [0, 0.1) is 6.92 Å². The van der Waals surface area contributed by atoms with Crippen LogP contribution in [0.5, 0.6) is 0 Å². The van der Waals surface area contributed by atoms with Gasteiger partial charge in [0.05, 0.1) is 5.92 Å². The first-order chi connectivity index (χ1) is 12.5. The van der Waals surface area contributed by atoms with Crippen LogP contribution in [0.1, 0.15) is 30.2 Å². The Morgan fingerprint density at radius 1 is 1.27 bits per heavy atom. The highest BCUT2D eigenvalue weighted by Gasteiger charge is 2.33. The molecule has 26 heavy (non-hydrogen) atoms. The molecule has 1 aromatic carbocycles. The van der Waals surface area contributed by atoms with Gasteiger partial charge in [0, 0.05) is 18.7 Å². The van der Waals surface area contributed by atoms with Crippen LogP contribution in [-0.4, -0.2) is 36.0 Å². The van der Waals surface area contributed by atoms with Gasteiger partial charge in [-0.1, -0.05) is 35.0 Å². The largest absolute Gasteiger partial charge is 0.339 e. The summed E-state index contributed by atoms with van der Waals surface area (Å²) in [6.07, 6.45) is 1.61. The summed E-state index contributed by atoms with van der Waals surface area (Å²) in [7, 11) is -3.45. The van der Waals surface area contributed by atoms with Gasteiger partial charge in [-0.3, -0.25) is 0 Å². The van der Waals surface area contributed by atoms with Crippen molar-refractivity contribution in [3.8, 4) is 11.4 Å². The first kappa shape index (κ1) is 17.4. The quantitative estimate of drug-likeness (QED) is 0.680. The number of thiophene rings is 1. The van der Waals surface area contributed by atoms with Gasteiger partial charge in [0.15, 0.2) is 0 Å². The Balaban J connectivity index is 1.56. The van der Waals surface area contributed by atoms with Crippen molar-refractivity contribution in [2.45, 2.75) is 29.9 Å². The lowest BCUT2D eigenvalue weighted by atomic mass is 10.00. The molecule has 1 aliphatic heterocycles. The summed E-state index contributed by atoms with van der Waals surface area (Å²) < 4.78 is 32.9. The monoisotopic (exact) mass is 389 g/mol. The number of piperidine rings is 1. The molecule has 0 radical (unpaired) electrons. The maximum Gasteiger partial charge on any atom is 0.252 e. The number of sulfonamides is 1. The van der Waals surface area contributed by atoms with Crippen LogP contribution in [-0.2, 0) is 10.0 Å². The van der Waals surface area contributed by atoms with E-state index in [4.69, 9.17) is 4.52 Å². The molecule has 8 heteroatoms. The standard InChI is InChI=1S/C18H19N3O3S2/c1-13-5-2-6-14(11-13)17-19-18(24-20-17)15-7-3-9-21(12-15)26(22,23)16-8-4-10-25-16/h2,4-6,8,10-11,15H,3,7,9,12H2,1H3/t15-/m0/s1. The number of nitrogens with zero attached hydrogens (tertiary/aromatic N) is 3. The van der Waals surface area contributed by atoms with Crippen molar-refractivity contribution in [3.63, 3.8) is 0 Å². The van der Waals surface area contributed by atoms with Gasteiger partial charge in [-0.05, 0) is 37.3 Å². The zero-order valence-corrected chi connectivity index (χ0v) is 16.0. The van der Waals surface area contributed by atoms with Gasteiger partial charge in [0.1, 0.15) is 4.21 Å². The Bertz CT molecular complexity index is 996. The molecule has 2 aromatic heterocycles. The van der Waals surface area contributed by atoms with E-state index in [1.807, 2.05) is 31.2 Å². The molecule has 0 N–H and O–H groups in total. The number of aryl methyl sites for hydroxylation is 1. The van der Waals surface area contributed by atoms with Crippen molar-refractivity contribution in [3.05, 3.63) is 53.2 Å². The lowest BCUT2D eigenvalue weighted by Gasteiger charge is -2.29. The zero-order valence-electron chi connectivity index (χ0n) is 14.3. The Labute approximate surface area is 156 Å². The molecular formula is C18H19N3O3S2. The number of hydrogen-bond donors (Lipinski definition) is 0. The van der Waals surface area contributed by atoms with Gasteiger partial charge in [0.25, 0.3) is 10.0 Å². The summed E-state index contributed by atoms with van der Waals surface area (Å²) in [5.74, 6) is 0.971. The second-order valence-corrected chi connectivity index (χ2v) is 9.57. The Kier molecular flexibility index (Phi) is 4.64. The molecule has 1 aliphatic rings. The molecule has 0 aliphatic carbocycles. The van der Waals surface area contributed by atoms with Crippen LogP contribution in [0.3, 0.4) is 0 Å². The fourth-order valence-electron chi connectivity index (χ4n) is 3.20. The Hall–Kier alpha value is -2.03. The lowest BCUT2D eigenvalue weighted by molar-refractivity contribution is 0.266. The molecule has 6 nitrogen and oxygen atoms in total. The molecule has 1 atom stereocenters. The van der Waals surface area contributed by atoms with Crippen LogP contribution < -0.4 is 0 Å².